The summed E-state index contributed by atoms with van der Waals surface area (Å²) in [5.74, 6) is 6.28. The van der Waals surface area contributed by atoms with Crippen molar-refractivity contribution in [1.29, 1.82) is 0 Å². The van der Waals surface area contributed by atoms with Crippen LogP contribution < -0.4 is 5.84 Å². The van der Waals surface area contributed by atoms with E-state index in [1.807, 2.05) is 4.90 Å². The van der Waals surface area contributed by atoms with Crippen LogP contribution >= 0.6 is 0 Å². The van der Waals surface area contributed by atoms with Gasteiger partial charge in [-0.1, -0.05) is 0 Å². The van der Waals surface area contributed by atoms with Gasteiger partial charge in [0.2, 0.25) is 5.91 Å². The van der Waals surface area contributed by atoms with Crippen molar-refractivity contribution < 1.29 is 4.79 Å². The molecule has 0 aromatic carbocycles. The summed E-state index contributed by atoms with van der Waals surface area (Å²) in [5.41, 5.74) is 0. The number of piperazine rings is 1. The first kappa shape index (κ1) is 11.8. The molecule has 0 spiro atoms. The van der Waals surface area contributed by atoms with Gasteiger partial charge in [-0.25, -0.2) is 5.01 Å². The maximum atomic E-state index is 12.2. The van der Waals surface area contributed by atoms with E-state index < -0.39 is 0 Å². The Hall–Kier alpha value is -0.650. The highest BCUT2D eigenvalue weighted by atomic mass is 16.2. The number of carbonyl (C=O) groups excluding carboxylic acids is 1. The van der Waals surface area contributed by atoms with Gasteiger partial charge >= 0.3 is 0 Å². The summed E-state index contributed by atoms with van der Waals surface area (Å²) in [6.07, 6.45) is 2.02. The van der Waals surface area contributed by atoms with Crippen LogP contribution in [0.15, 0.2) is 0 Å². The van der Waals surface area contributed by atoms with Crippen molar-refractivity contribution in [2.75, 3.05) is 46.3 Å². The van der Waals surface area contributed by atoms with Crippen LogP contribution in [0.1, 0.15) is 12.8 Å². The molecule has 2 N–H and O–H groups in total. The van der Waals surface area contributed by atoms with Crippen molar-refractivity contribution in [3.63, 3.8) is 0 Å². The fourth-order valence-electron chi connectivity index (χ4n) is 2.46. The van der Waals surface area contributed by atoms with Crippen LogP contribution in [0.5, 0.6) is 0 Å². The molecule has 0 bridgehead atoms. The van der Waals surface area contributed by atoms with Gasteiger partial charge in [0.1, 0.15) is 0 Å². The Morgan fingerprint density at radius 2 is 1.62 bits per heavy atom. The predicted molar refractivity (Wildman–Crippen MR) is 62.6 cm³/mol. The second-order valence-electron chi connectivity index (χ2n) is 4.94. The van der Waals surface area contributed by atoms with E-state index in [0.717, 1.165) is 52.1 Å². The molecule has 0 atom stereocenters. The minimum Gasteiger partial charge on any atom is -0.340 e. The summed E-state index contributed by atoms with van der Waals surface area (Å²) in [6.45, 7) is 5.29. The summed E-state index contributed by atoms with van der Waals surface area (Å²) in [4.78, 5) is 16.5. The Bertz CT molecular complexity index is 218. The summed E-state index contributed by atoms with van der Waals surface area (Å²) in [5, 5.41) is 1.79. The molecular formula is C11H22N4O. The number of rotatable bonds is 1. The van der Waals surface area contributed by atoms with Crippen LogP contribution in [0, 0.1) is 5.92 Å². The third-order valence-electron chi connectivity index (χ3n) is 3.69. The van der Waals surface area contributed by atoms with E-state index in [-0.39, 0.29) is 5.92 Å². The molecule has 5 heteroatoms. The first-order valence-corrected chi connectivity index (χ1v) is 6.14. The van der Waals surface area contributed by atoms with Gasteiger partial charge in [-0.2, -0.15) is 0 Å². The lowest BCUT2D eigenvalue weighted by molar-refractivity contribution is -0.138. The quantitative estimate of drug-likeness (QED) is 0.604. The molecular weight excluding hydrogens is 204 g/mol. The van der Waals surface area contributed by atoms with E-state index in [9.17, 15) is 4.79 Å². The lowest BCUT2D eigenvalue weighted by Crippen LogP contribution is -2.53. The Labute approximate surface area is 97.1 Å². The van der Waals surface area contributed by atoms with E-state index >= 15 is 0 Å². The van der Waals surface area contributed by atoms with Crippen molar-refractivity contribution in [1.82, 2.24) is 14.8 Å². The summed E-state index contributed by atoms with van der Waals surface area (Å²) < 4.78 is 0. The number of amides is 1. The van der Waals surface area contributed by atoms with Gasteiger partial charge in [0, 0.05) is 32.1 Å². The molecule has 16 heavy (non-hydrogen) atoms. The van der Waals surface area contributed by atoms with Crippen LogP contribution in [0.3, 0.4) is 0 Å². The molecule has 2 aliphatic heterocycles. The summed E-state index contributed by atoms with van der Waals surface area (Å²) >= 11 is 0. The maximum Gasteiger partial charge on any atom is 0.225 e. The van der Waals surface area contributed by atoms with Crippen LogP contribution in [0.4, 0.5) is 0 Å². The number of carbonyl (C=O) groups is 1. The zero-order valence-corrected chi connectivity index (χ0v) is 10.1. The third-order valence-corrected chi connectivity index (χ3v) is 3.69. The number of hydrogen-bond acceptors (Lipinski definition) is 4. The number of hydrogen-bond donors (Lipinski definition) is 1. The Balaban J connectivity index is 1.83. The van der Waals surface area contributed by atoms with Crippen molar-refractivity contribution in [2.24, 2.45) is 11.8 Å². The number of piperidine rings is 1. The molecule has 0 aromatic heterocycles. The molecule has 2 rings (SSSR count). The highest BCUT2D eigenvalue weighted by molar-refractivity contribution is 5.79. The third kappa shape index (κ3) is 2.72. The van der Waals surface area contributed by atoms with E-state index in [2.05, 4.69) is 11.9 Å². The lowest BCUT2D eigenvalue weighted by atomic mass is 9.95. The summed E-state index contributed by atoms with van der Waals surface area (Å²) in [7, 11) is 2.12. The Morgan fingerprint density at radius 3 is 2.19 bits per heavy atom. The fourth-order valence-corrected chi connectivity index (χ4v) is 2.46. The van der Waals surface area contributed by atoms with Gasteiger partial charge in [0.25, 0.3) is 0 Å². The average Bonchev–Trinajstić information content (AvgIpc) is 2.30. The van der Waals surface area contributed by atoms with Gasteiger partial charge in [-0.15, -0.1) is 0 Å². The first-order chi connectivity index (χ1) is 7.66. The number of hydrazine groups is 1. The number of nitrogens with zero attached hydrogens (tertiary/aromatic N) is 3. The van der Waals surface area contributed by atoms with Crippen molar-refractivity contribution in [3.05, 3.63) is 0 Å². The monoisotopic (exact) mass is 226 g/mol. The average molecular weight is 226 g/mol. The zero-order chi connectivity index (χ0) is 11.5. The minimum atomic E-state index is 0.250. The predicted octanol–water partition coefficient (Wildman–Crippen LogP) is -0.654. The Kier molecular flexibility index (Phi) is 3.78. The van der Waals surface area contributed by atoms with Gasteiger partial charge in [0.15, 0.2) is 0 Å². The van der Waals surface area contributed by atoms with Crippen LogP contribution in [0.2, 0.25) is 0 Å². The second kappa shape index (κ2) is 5.12. The van der Waals surface area contributed by atoms with Crippen molar-refractivity contribution >= 4 is 5.91 Å². The van der Waals surface area contributed by atoms with E-state index in [4.69, 9.17) is 5.84 Å². The van der Waals surface area contributed by atoms with Crippen LogP contribution in [-0.4, -0.2) is 67.0 Å². The first-order valence-electron chi connectivity index (χ1n) is 6.14. The molecule has 0 aliphatic carbocycles. The molecule has 0 saturated carbocycles. The van der Waals surface area contributed by atoms with Gasteiger partial charge in [-0.3, -0.25) is 10.6 Å². The largest absolute Gasteiger partial charge is 0.340 e. The molecule has 2 aliphatic rings. The molecule has 0 aromatic rings. The standard InChI is InChI=1S/C11H22N4O/c1-13-4-2-10(3-5-13)11(16)14-6-8-15(12)9-7-14/h10H,2-9,12H2,1H3. The minimum absolute atomic E-state index is 0.250. The van der Waals surface area contributed by atoms with E-state index in [0.29, 0.717) is 5.91 Å². The SMILES string of the molecule is CN1CCC(C(=O)N2CCN(N)CC2)CC1. The van der Waals surface area contributed by atoms with Crippen molar-refractivity contribution in [2.45, 2.75) is 12.8 Å². The highest BCUT2D eigenvalue weighted by Gasteiger charge is 2.28. The smallest absolute Gasteiger partial charge is 0.225 e. The molecule has 2 fully saturated rings. The molecule has 0 radical (unpaired) electrons. The molecule has 2 saturated heterocycles. The van der Waals surface area contributed by atoms with E-state index in [1.54, 1.807) is 5.01 Å². The van der Waals surface area contributed by atoms with Crippen molar-refractivity contribution in [3.8, 4) is 0 Å². The lowest BCUT2D eigenvalue weighted by Gasteiger charge is -2.36. The second-order valence-corrected chi connectivity index (χ2v) is 4.94. The number of nitrogens with two attached hydrogens (primary N) is 1. The normalized spacial score (nSPS) is 26.0. The van der Waals surface area contributed by atoms with Gasteiger partial charge in [-0.05, 0) is 33.0 Å². The molecule has 0 unspecified atom stereocenters. The Morgan fingerprint density at radius 1 is 1.06 bits per heavy atom. The molecule has 92 valence electrons. The fraction of sp³-hybridized carbons (Fsp3) is 0.909. The molecule has 1 amide bonds. The van der Waals surface area contributed by atoms with Gasteiger partial charge in [0.05, 0.1) is 0 Å². The molecule has 2 heterocycles. The molecule has 5 nitrogen and oxygen atoms in total. The van der Waals surface area contributed by atoms with E-state index in [1.165, 1.54) is 0 Å². The number of likely N-dealkylation sites (tertiary alicyclic amines) is 1. The van der Waals surface area contributed by atoms with Crippen LogP contribution in [-0.2, 0) is 4.79 Å². The maximum absolute atomic E-state index is 12.2. The highest BCUT2D eigenvalue weighted by Crippen LogP contribution is 2.19. The zero-order valence-electron chi connectivity index (χ0n) is 10.1. The topological polar surface area (TPSA) is 52.8 Å². The van der Waals surface area contributed by atoms with Gasteiger partial charge < -0.3 is 9.80 Å². The summed E-state index contributed by atoms with van der Waals surface area (Å²) in [6, 6.07) is 0. The van der Waals surface area contributed by atoms with Crippen LogP contribution in [0.25, 0.3) is 0 Å².